The van der Waals surface area contributed by atoms with Crippen molar-refractivity contribution in [3.8, 4) is 0 Å². The van der Waals surface area contributed by atoms with E-state index in [1.165, 1.54) is 0 Å². The van der Waals surface area contributed by atoms with Gasteiger partial charge in [0, 0.05) is 6.54 Å². The van der Waals surface area contributed by atoms with Crippen LogP contribution in [0, 0.1) is 0 Å². The number of nitrogens with zero attached hydrogens (tertiary/aromatic N) is 1. The number of aliphatic hydroxyl groups is 1. The van der Waals surface area contributed by atoms with Gasteiger partial charge in [-0.25, -0.2) is 0 Å². The lowest BCUT2D eigenvalue weighted by Gasteiger charge is -2.21. The first-order valence-electron chi connectivity index (χ1n) is 2.79. The number of halogens is 1. The van der Waals surface area contributed by atoms with Gasteiger partial charge in [0.15, 0.2) is 0 Å². The van der Waals surface area contributed by atoms with Crippen molar-refractivity contribution < 1.29 is 5.11 Å². The summed E-state index contributed by atoms with van der Waals surface area (Å²) in [6, 6.07) is 0. The first-order chi connectivity index (χ1) is 3.42. The number of rotatable bonds is 2. The van der Waals surface area contributed by atoms with Crippen LogP contribution in [0.5, 0.6) is 0 Å². The van der Waals surface area contributed by atoms with Gasteiger partial charge < -0.3 is 10.0 Å². The van der Waals surface area contributed by atoms with E-state index in [0.29, 0.717) is 6.54 Å². The fraction of sp³-hybridized carbons (Fsp3) is 1.00. The van der Waals surface area contributed by atoms with Crippen LogP contribution in [-0.2, 0) is 0 Å². The van der Waals surface area contributed by atoms with Crippen molar-refractivity contribution in [2.75, 3.05) is 20.6 Å². The summed E-state index contributed by atoms with van der Waals surface area (Å²) in [6.07, 6.45) is 0. The van der Waals surface area contributed by atoms with E-state index in [1.807, 2.05) is 19.0 Å². The predicted octanol–water partition coefficient (Wildman–Crippen LogP) is 0.741. The molecule has 0 heterocycles. The molecule has 0 aromatic rings. The van der Waals surface area contributed by atoms with E-state index >= 15 is 0 Å². The van der Waals surface area contributed by atoms with Crippen LogP contribution in [0.3, 0.4) is 0 Å². The van der Waals surface area contributed by atoms with Crippen molar-refractivity contribution in [3.63, 3.8) is 0 Å². The highest BCUT2D eigenvalue weighted by Gasteiger charge is 2.12. The van der Waals surface area contributed by atoms with Crippen LogP contribution in [0.25, 0.3) is 0 Å². The summed E-state index contributed by atoms with van der Waals surface area (Å²) in [5.41, 5.74) is -0.552. The average molecular weight is 154 g/mol. The van der Waals surface area contributed by atoms with Gasteiger partial charge in [-0.15, -0.1) is 12.4 Å². The van der Waals surface area contributed by atoms with Crippen molar-refractivity contribution in [2.24, 2.45) is 0 Å². The van der Waals surface area contributed by atoms with Crippen LogP contribution < -0.4 is 0 Å². The Balaban J connectivity index is 0. The average Bonchev–Trinajstić information content (AvgIpc) is 1.21. The van der Waals surface area contributed by atoms with Gasteiger partial charge >= 0.3 is 0 Å². The summed E-state index contributed by atoms with van der Waals surface area (Å²) in [6.45, 7) is 4.31. The van der Waals surface area contributed by atoms with Crippen molar-refractivity contribution in [2.45, 2.75) is 19.4 Å². The summed E-state index contributed by atoms with van der Waals surface area (Å²) in [5, 5.41) is 9.15. The summed E-state index contributed by atoms with van der Waals surface area (Å²) < 4.78 is 0. The van der Waals surface area contributed by atoms with E-state index in [-0.39, 0.29) is 12.4 Å². The van der Waals surface area contributed by atoms with Crippen LogP contribution in [-0.4, -0.2) is 36.2 Å². The largest absolute Gasteiger partial charge is 0.389 e. The fourth-order valence-corrected chi connectivity index (χ4v) is 0.774. The van der Waals surface area contributed by atoms with E-state index < -0.39 is 5.60 Å². The SMILES string of the molecule is CN(C)CC(C)(C)O.Cl. The maximum Gasteiger partial charge on any atom is 0.0717 e. The topological polar surface area (TPSA) is 23.5 Å². The Morgan fingerprint density at radius 2 is 1.67 bits per heavy atom. The molecule has 0 saturated heterocycles. The molecule has 1 N–H and O–H groups in total. The van der Waals surface area contributed by atoms with E-state index in [2.05, 4.69) is 0 Å². The standard InChI is InChI=1S/C6H15NO.ClH/c1-6(2,8)5-7(3)4;/h8H,5H2,1-4H3;1H. The summed E-state index contributed by atoms with van der Waals surface area (Å²) in [4.78, 5) is 1.96. The molecule has 2 nitrogen and oxygen atoms in total. The first-order valence-corrected chi connectivity index (χ1v) is 2.79. The number of hydrogen-bond acceptors (Lipinski definition) is 2. The Kier molecular flexibility index (Phi) is 5.43. The smallest absolute Gasteiger partial charge is 0.0717 e. The van der Waals surface area contributed by atoms with Gasteiger partial charge in [-0.2, -0.15) is 0 Å². The van der Waals surface area contributed by atoms with Gasteiger partial charge in [0.25, 0.3) is 0 Å². The van der Waals surface area contributed by atoms with Crippen molar-refractivity contribution in [1.29, 1.82) is 0 Å². The van der Waals surface area contributed by atoms with Gasteiger partial charge in [0.1, 0.15) is 0 Å². The molecule has 0 saturated carbocycles. The van der Waals surface area contributed by atoms with E-state index in [9.17, 15) is 0 Å². The lowest BCUT2D eigenvalue weighted by Crippen LogP contribution is -2.33. The molecule has 3 heteroatoms. The highest BCUT2D eigenvalue weighted by molar-refractivity contribution is 5.85. The third-order valence-corrected chi connectivity index (χ3v) is 0.703. The van der Waals surface area contributed by atoms with Crippen molar-refractivity contribution in [3.05, 3.63) is 0 Å². The predicted molar refractivity (Wildman–Crippen MR) is 42.1 cm³/mol. The number of hydrogen-bond donors (Lipinski definition) is 1. The second kappa shape index (κ2) is 4.09. The highest BCUT2D eigenvalue weighted by Crippen LogP contribution is 2.00. The van der Waals surface area contributed by atoms with Crippen LogP contribution in [0.15, 0.2) is 0 Å². The molecule has 0 aromatic heterocycles. The summed E-state index contributed by atoms with van der Waals surface area (Å²) in [5.74, 6) is 0. The lowest BCUT2D eigenvalue weighted by molar-refractivity contribution is 0.0519. The minimum absolute atomic E-state index is 0. The molecule has 9 heavy (non-hydrogen) atoms. The monoisotopic (exact) mass is 153 g/mol. The minimum atomic E-state index is -0.552. The zero-order valence-corrected chi connectivity index (χ0v) is 7.33. The molecule has 0 atom stereocenters. The molecule has 0 unspecified atom stereocenters. The first kappa shape index (κ1) is 11.9. The molecular formula is C6H16ClNO. The quantitative estimate of drug-likeness (QED) is 0.633. The van der Waals surface area contributed by atoms with Gasteiger partial charge in [-0.05, 0) is 27.9 Å². The Morgan fingerprint density at radius 1 is 1.33 bits per heavy atom. The summed E-state index contributed by atoms with van der Waals surface area (Å²) in [7, 11) is 3.88. The highest BCUT2D eigenvalue weighted by atomic mass is 35.5. The molecule has 0 spiro atoms. The Bertz CT molecular complexity index is 67.9. The second-order valence-corrected chi connectivity index (χ2v) is 3.05. The molecule has 0 aliphatic heterocycles. The van der Waals surface area contributed by atoms with Crippen LogP contribution in [0.1, 0.15) is 13.8 Å². The van der Waals surface area contributed by atoms with Gasteiger partial charge in [0.05, 0.1) is 5.60 Å². The molecule has 0 radical (unpaired) electrons. The molecule has 0 aliphatic carbocycles. The van der Waals surface area contributed by atoms with Crippen molar-refractivity contribution >= 4 is 12.4 Å². The van der Waals surface area contributed by atoms with Gasteiger partial charge in [-0.1, -0.05) is 0 Å². The Hall–Kier alpha value is 0.210. The lowest BCUT2D eigenvalue weighted by atomic mass is 10.1. The zero-order chi connectivity index (χ0) is 6.78. The van der Waals surface area contributed by atoms with E-state index in [1.54, 1.807) is 13.8 Å². The maximum atomic E-state index is 9.15. The van der Waals surface area contributed by atoms with Gasteiger partial charge in [0.2, 0.25) is 0 Å². The van der Waals surface area contributed by atoms with E-state index in [4.69, 9.17) is 5.11 Å². The molecule has 0 aromatic carbocycles. The minimum Gasteiger partial charge on any atom is -0.389 e. The van der Waals surface area contributed by atoms with E-state index in [0.717, 1.165) is 0 Å². The molecule has 0 fully saturated rings. The zero-order valence-electron chi connectivity index (χ0n) is 6.51. The molecule has 0 rings (SSSR count). The maximum absolute atomic E-state index is 9.15. The molecular weight excluding hydrogens is 138 g/mol. The van der Waals surface area contributed by atoms with Crippen LogP contribution >= 0.6 is 12.4 Å². The Morgan fingerprint density at radius 3 is 1.67 bits per heavy atom. The second-order valence-electron chi connectivity index (χ2n) is 3.05. The number of likely N-dealkylation sites (N-methyl/N-ethyl adjacent to an activating group) is 1. The molecule has 0 bridgehead atoms. The molecule has 58 valence electrons. The van der Waals surface area contributed by atoms with Crippen LogP contribution in [0.4, 0.5) is 0 Å². The fourth-order valence-electron chi connectivity index (χ4n) is 0.774. The third kappa shape index (κ3) is 11.7. The van der Waals surface area contributed by atoms with Crippen molar-refractivity contribution in [1.82, 2.24) is 4.90 Å². The van der Waals surface area contributed by atoms with Gasteiger partial charge in [-0.3, -0.25) is 0 Å². The normalized spacial score (nSPS) is 11.3. The van der Waals surface area contributed by atoms with Crippen LogP contribution in [0.2, 0.25) is 0 Å². The Labute approximate surface area is 63.3 Å². The molecule has 0 amide bonds. The third-order valence-electron chi connectivity index (χ3n) is 0.703. The molecule has 0 aliphatic rings. The summed E-state index contributed by atoms with van der Waals surface area (Å²) >= 11 is 0.